The van der Waals surface area contributed by atoms with E-state index in [4.69, 9.17) is 4.74 Å². The van der Waals surface area contributed by atoms with Gasteiger partial charge in [-0.1, -0.05) is 0 Å². The molecule has 7 nitrogen and oxygen atoms in total. The Labute approximate surface area is 193 Å². The van der Waals surface area contributed by atoms with Gasteiger partial charge in [-0.2, -0.15) is 4.98 Å². The van der Waals surface area contributed by atoms with Crippen LogP contribution >= 0.6 is 0 Å². The van der Waals surface area contributed by atoms with Crippen LogP contribution in [-0.4, -0.2) is 66.1 Å². The van der Waals surface area contributed by atoms with Gasteiger partial charge in [0.25, 0.3) is 0 Å². The van der Waals surface area contributed by atoms with E-state index in [9.17, 15) is 8.78 Å². The fraction of sp³-hybridized carbons (Fsp3) is 0.417. The lowest BCUT2D eigenvalue weighted by atomic mass is 10.1. The standard InChI is InChI=1S/C24H30F2N6O/c1-18-11-21(28-24-27-17-32(29-24)23-14-19(25)13-20(26)15-23)16-22(12-18)31-7-3-5-30(8-9-31)6-4-10-33-2/h11-17H,3-10H2,1-2H3,(H,28,29). The van der Waals surface area contributed by atoms with Gasteiger partial charge in [-0.05, 0) is 62.2 Å². The smallest absolute Gasteiger partial charge is 0.246 e. The molecule has 1 aliphatic heterocycles. The molecule has 0 bridgehead atoms. The zero-order chi connectivity index (χ0) is 23.2. The van der Waals surface area contributed by atoms with Crippen LogP contribution in [0, 0.1) is 18.6 Å². The van der Waals surface area contributed by atoms with E-state index in [0.29, 0.717) is 5.95 Å². The van der Waals surface area contributed by atoms with Crippen molar-refractivity contribution in [1.82, 2.24) is 19.7 Å². The van der Waals surface area contributed by atoms with Crippen molar-refractivity contribution < 1.29 is 13.5 Å². The molecule has 3 aromatic rings. The van der Waals surface area contributed by atoms with Crippen LogP contribution in [0.15, 0.2) is 42.7 Å². The van der Waals surface area contributed by atoms with Gasteiger partial charge in [0.05, 0.1) is 5.69 Å². The largest absolute Gasteiger partial charge is 0.385 e. The summed E-state index contributed by atoms with van der Waals surface area (Å²) >= 11 is 0. The van der Waals surface area contributed by atoms with Crippen LogP contribution in [0.1, 0.15) is 18.4 Å². The van der Waals surface area contributed by atoms with E-state index < -0.39 is 11.6 Å². The minimum atomic E-state index is -0.659. The van der Waals surface area contributed by atoms with Crippen molar-refractivity contribution >= 4 is 17.3 Å². The Morgan fingerprint density at radius 3 is 2.58 bits per heavy atom. The first-order chi connectivity index (χ1) is 16.0. The van der Waals surface area contributed by atoms with E-state index in [-0.39, 0.29) is 5.69 Å². The number of anilines is 3. The molecule has 1 N–H and O–H groups in total. The first-order valence-electron chi connectivity index (χ1n) is 11.2. The molecule has 33 heavy (non-hydrogen) atoms. The second-order valence-corrected chi connectivity index (χ2v) is 8.35. The molecule has 1 aliphatic rings. The highest BCUT2D eigenvalue weighted by Gasteiger charge is 2.16. The zero-order valence-electron chi connectivity index (χ0n) is 19.1. The maximum atomic E-state index is 13.5. The first-order valence-corrected chi connectivity index (χ1v) is 11.2. The van der Waals surface area contributed by atoms with Crippen LogP contribution in [0.25, 0.3) is 5.69 Å². The van der Waals surface area contributed by atoms with E-state index in [1.54, 1.807) is 7.11 Å². The van der Waals surface area contributed by atoms with Crippen molar-refractivity contribution in [3.63, 3.8) is 0 Å². The number of aryl methyl sites for hydroxylation is 1. The lowest BCUT2D eigenvalue weighted by molar-refractivity contribution is 0.174. The van der Waals surface area contributed by atoms with Gasteiger partial charge in [-0.15, -0.1) is 5.10 Å². The number of halogens is 2. The SMILES string of the molecule is COCCCN1CCCN(c2cc(C)cc(Nc3ncn(-c4cc(F)cc(F)c4)n3)c2)CC1. The minimum absolute atomic E-state index is 0.276. The summed E-state index contributed by atoms with van der Waals surface area (Å²) in [6.45, 7) is 8.01. The molecule has 1 fully saturated rings. The zero-order valence-corrected chi connectivity index (χ0v) is 19.1. The van der Waals surface area contributed by atoms with Crippen molar-refractivity contribution in [3.8, 4) is 5.69 Å². The molecule has 4 rings (SSSR count). The molecular formula is C24H30F2N6O. The summed E-state index contributed by atoms with van der Waals surface area (Å²) in [5.41, 5.74) is 3.43. The highest BCUT2D eigenvalue weighted by molar-refractivity contribution is 5.64. The minimum Gasteiger partial charge on any atom is -0.385 e. The quantitative estimate of drug-likeness (QED) is 0.514. The number of methoxy groups -OCH3 is 1. The number of hydrogen-bond acceptors (Lipinski definition) is 6. The van der Waals surface area contributed by atoms with Gasteiger partial charge >= 0.3 is 0 Å². The van der Waals surface area contributed by atoms with Gasteiger partial charge in [0, 0.05) is 57.3 Å². The normalized spacial score (nSPS) is 15.0. The van der Waals surface area contributed by atoms with Crippen LogP contribution in [-0.2, 0) is 4.74 Å². The monoisotopic (exact) mass is 456 g/mol. The van der Waals surface area contributed by atoms with Crippen LogP contribution in [0.3, 0.4) is 0 Å². The second-order valence-electron chi connectivity index (χ2n) is 8.35. The van der Waals surface area contributed by atoms with Crippen molar-refractivity contribution in [3.05, 3.63) is 59.9 Å². The first kappa shape index (κ1) is 23.1. The molecule has 2 heterocycles. The van der Waals surface area contributed by atoms with Crippen LogP contribution < -0.4 is 10.2 Å². The molecule has 0 spiro atoms. The van der Waals surface area contributed by atoms with Gasteiger partial charge in [-0.25, -0.2) is 13.5 Å². The molecule has 0 atom stereocenters. The van der Waals surface area contributed by atoms with Crippen LogP contribution in [0.5, 0.6) is 0 Å². The lowest BCUT2D eigenvalue weighted by Gasteiger charge is -2.24. The molecule has 0 saturated carbocycles. The lowest BCUT2D eigenvalue weighted by Crippen LogP contribution is -2.31. The fourth-order valence-electron chi connectivity index (χ4n) is 4.15. The molecule has 0 aliphatic carbocycles. The van der Waals surface area contributed by atoms with Crippen molar-refractivity contribution in [2.75, 3.05) is 56.7 Å². The van der Waals surface area contributed by atoms with Crippen molar-refractivity contribution in [1.29, 1.82) is 0 Å². The summed E-state index contributed by atoms with van der Waals surface area (Å²) in [7, 11) is 1.74. The number of rotatable bonds is 8. The number of hydrogen-bond donors (Lipinski definition) is 1. The van der Waals surface area contributed by atoms with E-state index in [2.05, 4.69) is 44.3 Å². The molecule has 176 valence electrons. The maximum absolute atomic E-state index is 13.5. The molecule has 0 radical (unpaired) electrons. The number of ether oxygens (including phenoxy) is 1. The van der Waals surface area contributed by atoms with Crippen molar-refractivity contribution in [2.24, 2.45) is 0 Å². The second kappa shape index (κ2) is 10.7. The maximum Gasteiger partial charge on any atom is 0.246 e. The predicted molar refractivity (Wildman–Crippen MR) is 125 cm³/mol. The highest BCUT2D eigenvalue weighted by Crippen LogP contribution is 2.25. The third-order valence-corrected chi connectivity index (χ3v) is 5.70. The fourth-order valence-corrected chi connectivity index (χ4v) is 4.15. The molecule has 2 aromatic carbocycles. The third-order valence-electron chi connectivity index (χ3n) is 5.70. The Hall–Kier alpha value is -3.04. The number of benzene rings is 2. The van der Waals surface area contributed by atoms with Crippen LogP contribution in [0.2, 0.25) is 0 Å². The van der Waals surface area contributed by atoms with E-state index in [1.807, 2.05) is 6.07 Å². The average Bonchev–Trinajstić information content (AvgIpc) is 3.10. The summed E-state index contributed by atoms with van der Waals surface area (Å²) in [6.07, 6.45) is 3.59. The van der Waals surface area contributed by atoms with E-state index in [1.165, 1.54) is 23.1 Å². The molecular weight excluding hydrogens is 426 g/mol. The van der Waals surface area contributed by atoms with Gasteiger partial charge in [-0.3, -0.25) is 0 Å². The number of nitrogens with one attached hydrogen (secondary N) is 1. The Morgan fingerprint density at radius 2 is 1.79 bits per heavy atom. The Balaban J connectivity index is 1.44. The Kier molecular flexibility index (Phi) is 7.51. The average molecular weight is 457 g/mol. The molecule has 0 unspecified atom stereocenters. The molecule has 1 saturated heterocycles. The third kappa shape index (κ3) is 6.27. The van der Waals surface area contributed by atoms with Gasteiger partial charge in [0.2, 0.25) is 5.95 Å². The summed E-state index contributed by atoms with van der Waals surface area (Å²) in [5.74, 6) is -0.961. The number of aromatic nitrogens is 3. The van der Waals surface area contributed by atoms with E-state index in [0.717, 1.165) is 75.2 Å². The summed E-state index contributed by atoms with van der Waals surface area (Å²) in [4.78, 5) is 9.16. The van der Waals surface area contributed by atoms with Crippen molar-refractivity contribution in [2.45, 2.75) is 19.8 Å². The summed E-state index contributed by atoms with van der Waals surface area (Å²) in [6, 6.07) is 9.56. The highest BCUT2D eigenvalue weighted by atomic mass is 19.1. The molecule has 9 heteroatoms. The predicted octanol–water partition coefficient (Wildman–Crippen LogP) is 4.15. The van der Waals surface area contributed by atoms with Gasteiger partial charge in [0.15, 0.2) is 0 Å². The Bertz CT molecular complexity index is 1050. The van der Waals surface area contributed by atoms with Crippen LogP contribution in [0.4, 0.5) is 26.1 Å². The van der Waals surface area contributed by atoms with Gasteiger partial charge < -0.3 is 19.9 Å². The number of nitrogens with zero attached hydrogens (tertiary/aromatic N) is 5. The van der Waals surface area contributed by atoms with E-state index >= 15 is 0 Å². The topological polar surface area (TPSA) is 58.5 Å². The summed E-state index contributed by atoms with van der Waals surface area (Å²) < 4.78 is 33.6. The Morgan fingerprint density at radius 1 is 0.970 bits per heavy atom. The molecule has 1 aromatic heterocycles. The molecule has 0 amide bonds. The summed E-state index contributed by atoms with van der Waals surface area (Å²) in [5, 5.41) is 7.54. The van der Waals surface area contributed by atoms with Gasteiger partial charge in [0.1, 0.15) is 18.0 Å².